The molecule has 0 bridgehead atoms. The van der Waals surface area contributed by atoms with Crippen molar-refractivity contribution >= 4 is 5.91 Å². The standard InChI is InChI=1S/C26H33NO3/c1-18(2)21-7-4-19(5-8-21)16-26(3)17-22-14-20(6-9-24(22)30-26)15-25(29)27-12-10-23(28)11-13-27/h4-9,14,18,23,28H,10-13,15-17H2,1-3H3/t26-/m1/s1. The minimum absolute atomic E-state index is 0.147. The van der Waals surface area contributed by atoms with Crippen LogP contribution < -0.4 is 4.74 Å². The fraction of sp³-hybridized carbons (Fsp3) is 0.500. The lowest BCUT2D eigenvalue weighted by molar-refractivity contribution is -0.132. The van der Waals surface area contributed by atoms with Gasteiger partial charge in [0.25, 0.3) is 0 Å². The molecule has 2 aromatic rings. The van der Waals surface area contributed by atoms with Crippen LogP contribution in [0.4, 0.5) is 0 Å². The first-order chi connectivity index (χ1) is 14.3. The summed E-state index contributed by atoms with van der Waals surface area (Å²) in [5.41, 5.74) is 4.62. The van der Waals surface area contributed by atoms with E-state index in [-0.39, 0.29) is 17.6 Å². The molecule has 1 N–H and O–H groups in total. The zero-order chi connectivity index (χ0) is 21.3. The van der Waals surface area contributed by atoms with Gasteiger partial charge in [-0.05, 0) is 54.0 Å². The summed E-state index contributed by atoms with van der Waals surface area (Å²) in [4.78, 5) is 14.5. The molecular formula is C26H33NO3. The first-order valence-corrected chi connectivity index (χ1v) is 11.2. The molecule has 1 saturated heterocycles. The summed E-state index contributed by atoms with van der Waals surface area (Å²) in [5.74, 6) is 1.63. The smallest absolute Gasteiger partial charge is 0.226 e. The highest BCUT2D eigenvalue weighted by Crippen LogP contribution is 2.37. The summed E-state index contributed by atoms with van der Waals surface area (Å²) in [6.07, 6.45) is 3.24. The van der Waals surface area contributed by atoms with Crippen molar-refractivity contribution in [1.82, 2.24) is 4.90 Å². The largest absolute Gasteiger partial charge is 0.487 e. The second kappa shape index (κ2) is 8.43. The van der Waals surface area contributed by atoms with Gasteiger partial charge in [0.15, 0.2) is 0 Å². The maximum absolute atomic E-state index is 12.6. The molecule has 1 fully saturated rings. The van der Waals surface area contributed by atoms with E-state index < -0.39 is 0 Å². The molecule has 4 nitrogen and oxygen atoms in total. The third-order valence-corrected chi connectivity index (χ3v) is 6.44. The normalized spacial score (nSPS) is 21.6. The number of amides is 1. The number of benzene rings is 2. The van der Waals surface area contributed by atoms with Crippen LogP contribution in [-0.4, -0.2) is 40.7 Å². The van der Waals surface area contributed by atoms with Crippen LogP contribution in [0.5, 0.6) is 5.75 Å². The fourth-order valence-corrected chi connectivity index (χ4v) is 4.64. The number of piperidine rings is 1. The van der Waals surface area contributed by atoms with Gasteiger partial charge < -0.3 is 14.7 Å². The van der Waals surface area contributed by atoms with Crippen molar-refractivity contribution in [2.24, 2.45) is 0 Å². The van der Waals surface area contributed by atoms with Crippen LogP contribution in [0.2, 0.25) is 0 Å². The Bertz CT molecular complexity index is 897. The molecule has 0 spiro atoms. The summed E-state index contributed by atoms with van der Waals surface area (Å²) >= 11 is 0. The van der Waals surface area contributed by atoms with Crippen LogP contribution in [0, 0.1) is 0 Å². The first-order valence-electron chi connectivity index (χ1n) is 11.2. The summed E-state index contributed by atoms with van der Waals surface area (Å²) in [6, 6.07) is 15.0. The number of hydrogen-bond acceptors (Lipinski definition) is 3. The molecule has 2 aliphatic rings. The molecule has 2 aromatic carbocycles. The highest BCUT2D eigenvalue weighted by atomic mass is 16.5. The van der Waals surface area contributed by atoms with E-state index in [2.05, 4.69) is 51.1 Å². The minimum Gasteiger partial charge on any atom is -0.487 e. The van der Waals surface area contributed by atoms with Gasteiger partial charge in [0.05, 0.1) is 12.5 Å². The predicted octanol–water partition coefficient (Wildman–Crippen LogP) is 4.27. The van der Waals surface area contributed by atoms with Crippen molar-refractivity contribution in [1.29, 1.82) is 0 Å². The molecule has 30 heavy (non-hydrogen) atoms. The second-order valence-corrected chi connectivity index (χ2v) is 9.53. The van der Waals surface area contributed by atoms with Gasteiger partial charge in [0.1, 0.15) is 11.4 Å². The molecule has 0 unspecified atom stereocenters. The van der Waals surface area contributed by atoms with Crippen molar-refractivity contribution in [2.75, 3.05) is 13.1 Å². The molecule has 0 aliphatic carbocycles. The molecule has 2 aliphatic heterocycles. The number of aliphatic hydroxyl groups excluding tert-OH is 1. The van der Waals surface area contributed by atoms with E-state index in [1.54, 1.807) is 0 Å². The van der Waals surface area contributed by atoms with E-state index >= 15 is 0 Å². The van der Waals surface area contributed by atoms with E-state index in [1.165, 1.54) is 16.7 Å². The van der Waals surface area contributed by atoms with Crippen LogP contribution in [0.15, 0.2) is 42.5 Å². The fourth-order valence-electron chi connectivity index (χ4n) is 4.64. The summed E-state index contributed by atoms with van der Waals surface area (Å²) in [6.45, 7) is 7.91. The average molecular weight is 408 g/mol. The third kappa shape index (κ3) is 4.70. The van der Waals surface area contributed by atoms with E-state index in [4.69, 9.17) is 4.74 Å². The lowest BCUT2D eigenvalue weighted by Gasteiger charge is -2.29. The predicted molar refractivity (Wildman–Crippen MR) is 119 cm³/mol. The second-order valence-electron chi connectivity index (χ2n) is 9.53. The molecule has 160 valence electrons. The first kappa shape index (κ1) is 20.9. The highest BCUT2D eigenvalue weighted by molar-refractivity contribution is 5.79. The third-order valence-electron chi connectivity index (χ3n) is 6.44. The molecular weight excluding hydrogens is 374 g/mol. The topological polar surface area (TPSA) is 49.8 Å². The van der Waals surface area contributed by atoms with Gasteiger partial charge in [0.2, 0.25) is 5.91 Å². The monoisotopic (exact) mass is 407 g/mol. The lowest BCUT2D eigenvalue weighted by atomic mass is 9.90. The summed E-state index contributed by atoms with van der Waals surface area (Å²) in [7, 11) is 0. The number of aliphatic hydroxyl groups is 1. The van der Waals surface area contributed by atoms with Gasteiger partial charge in [0, 0.05) is 25.9 Å². The van der Waals surface area contributed by atoms with Gasteiger partial charge in [-0.3, -0.25) is 4.79 Å². The molecule has 2 heterocycles. The number of hydrogen-bond donors (Lipinski definition) is 1. The Labute approximate surface area is 179 Å². The SMILES string of the molecule is CC(C)c1ccc(C[C@]2(C)Cc3cc(CC(=O)N4CCC(O)CC4)ccc3O2)cc1. The molecule has 0 aromatic heterocycles. The molecule has 1 amide bonds. The minimum atomic E-state index is -0.259. The molecule has 1 atom stereocenters. The Balaban J connectivity index is 1.39. The summed E-state index contributed by atoms with van der Waals surface area (Å²) < 4.78 is 6.34. The van der Waals surface area contributed by atoms with Crippen molar-refractivity contribution in [3.63, 3.8) is 0 Å². The molecule has 4 rings (SSSR count). The van der Waals surface area contributed by atoms with E-state index in [0.29, 0.717) is 38.3 Å². The molecule has 0 radical (unpaired) electrons. The van der Waals surface area contributed by atoms with E-state index in [1.807, 2.05) is 17.0 Å². The maximum atomic E-state index is 12.6. The Hall–Kier alpha value is -2.33. The van der Waals surface area contributed by atoms with Gasteiger partial charge in [-0.1, -0.05) is 50.2 Å². The maximum Gasteiger partial charge on any atom is 0.226 e. The molecule has 0 saturated carbocycles. The highest BCUT2D eigenvalue weighted by Gasteiger charge is 2.35. The quantitative estimate of drug-likeness (QED) is 0.805. The number of likely N-dealkylation sites (tertiary alicyclic amines) is 1. The number of fused-ring (bicyclic) bond motifs is 1. The summed E-state index contributed by atoms with van der Waals surface area (Å²) in [5, 5.41) is 9.64. The van der Waals surface area contributed by atoms with Crippen molar-refractivity contribution in [3.8, 4) is 5.75 Å². The average Bonchev–Trinajstić information content (AvgIpc) is 3.03. The van der Waals surface area contributed by atoms with Crippen LogP contribution in [0.3, 0.4) is 0 Å². The van der Waals surface area contributed by atoms with Crippen molar-refractivity contribution in [2.45, 2.75) is 70.5 Å². The molecule has 4 heteroatoms. The zero-order valence-corrected chi connectivity index (χ0v) is 18.4. The van der Waals surface area contributed by atoms with Crippen LogP contribution >= 0.6 is 0 Å². The van der Waals surface area contributed by atoms with Gasteiger partial charge >= 0.3 is 0 Å². The number of carbonyl (C=O) groups excluding carboxylic acids is 1. The Kier molecular flexibility index (Phi) is 5.88. The lowest BCUT2D eigenvalue weighted by Crippen LogP contribution is -2.40. The van der Waals surface area contributed by atoms with Crippen molar-refractivity contribution < 1.29 is 14.6 Å². The Morgan fingerprint density at radius 2 is 1.80 bits per heavy atom. The van der Waals surface area contributed by atoms with Gasteiger partial charge in [-0.25, -0.2) is 0 Å². The number of carbonyl (C=O) groups is 1. The van der Waals surface area contributed by atoms with Crippen molar-refractivity contribution in [3.05, 3.63) is 64.7 Å². The Morgan fingerprint density at radius 1 is 1.13 bits per heavy atom. The zero-order valence-electron chi connectivity index (χ0n) is 18.4. The Morgan fingerprint density at radius 3 is 2.47 bits per heavy atom. The van der Waals surface area contributed by atoms with E-state index in [9.17, 15) is 9.90 Å². The van der Waals surface area contributed by atoms with Crippen LogP contribution in [0.25, 0.3) is 0 Å². The van der Waals surface area contributed by atoms with Gasteiger partial charge in [-0.15, -0.1) is 0 Å². The van der Waals surface area contributed by atoms with Crippen LogP contribution in [0.1, 0.15) is 61.8 Å². The number of nitrogens with zero attached hydrogens (tertiary/aromatic N) is 1. The number of rotatable bonds is 5. The van der Waals surface area contributed by atoms with E-state index in [0.717, 1.165) is 24.2 Å². The van der Waals surface area contributed by atoms with Crippen LogP contribution in [-0.2, 0) is 24.1 Å². The number of ether oxygens (including phenoxy) is 1. The van der Waals surface area contributed by atoms with Gasteiger partial charge in [-0.2, -0.15) is 0 Å².